The topological polar surface area (TPSA) is 69.5 Å². The fourth-order valence-electron chi connectivity index (χ4n) is 0.643. The molecule has 0 spiro atoms. The Kier molecular flexibility index (Phi) is 2.28. The number of rotatable bonds is 1. The summed E-state index contributed by atoms with van der Waals surface area (Å²) < 4.78 is 0. The first-order valence-corrected chi connectivity index (χ1v) is 3.68. The van der Waals surface area contributed by atoms with E-state index in [1.54, 1.807) is 6.92 Å². The van der Waals surface area contributed by atoms with Crippen LogP contribution < -0.4 is 5.56 Å². The molecule has 0 bridgehead atoms. The highest BCUT2D eigenvalue weighted by atomic mass is 32.2. The number of thiocyanates is 1. The molecule has 0 aliphatic heterocycles. The Balaban J connectivity index is 3.11. The highest BCUT2D eigenvalue weighted by Crippen LogP contribution is 2.07. The molecule has 5 heteroatoms. The van der Waals surface area contributed by atoms with Crippen molar-refractivity contribution in [1.82, 2.24) is 9.97 Å². The highest BCUT2D eigenvalue weighted by molar-refractivity contribution is 8.03. The van der Waals surface area contributed by atoms with Gasteiger partial charge in [-0.2, -0.15) is 5.26 Å². The maximum absolute atomic E-state index is 10.8. The van der Waals surface area contributed by atoms with Crippen LogP contribution in [0.1, 0.15) is 5.69 Å². The first kappa shape index (κ1) is 7.82. The first-order chi connectivity index (χ1) is 5.22. The normalized spacial score (nSPS) is 9.09. The molecule has 0 aliphatic rings. The molecule has 0 atom stereocenters. The lowest BCUT2D eigenvalue weighted by molar-refractivity contribution is 0.909. The second-order valence-electron chi connectivity index (χ2n) is 1.89. The van der Waals surface area contributed by atoms with Gasteiger partial charge in [-0.25, -0.2) is 4.98 Å². The quantitative estimate of drug-likeness (QED) is 0.379. The van der Waals surface area contributed by atoms with Crippen LogP contribution in [0.3, 0.4) is 0 Å². The summed E-state index contributed by atoms with van der Waals surface area (Å²) in [6.45, 7) is 1.71. The Bertz CT molecular complexity index is 352. The lowest BCUT2D eigenvalue weighted by Gasteiger charge is -1.92. The van der Waals surface area contributed by atoms with E-state index >= 15 is 0 Å². The monoisotopic (exact) mass is 167 g/mol. The summed E-state index contributed by atoms with van der Waals surface area (Å²) in [6.07, 6.45) is 0. The molecule has 0 amide bonds. The van der Waals surface area contributed by atoms with Crippen molar-refractivity contribution < 1.29 is 0 Å². The molecule has 1 aromatic heterocycles. The fourth-order valence-corrected chi connectivity index (χ4v) is 1.07. The van der Waals surface area contributed by atoms with Crippen LogP contribution in [0.4, 0.5) is 0 Å². The van der Waals surface area contributed by atoms with Gasteiger partial charge in [0.1, 0.15) is 5.40 Å². The Morgan fingerprint density at radius 1 is 1.82 bits per heavy atom. The number of nitrogens with zero attached hydrogens (tertiary/aromatic N) is 2. The molecule has 0 unspecified atom stereocenters. The molecule has 0 aliphatic carbocycles. The average Bonchev–Trinajstić information content (AvgIpc) is 1.85. The number of hydrogen-bond acceptors (Lipinski definition) is 4. The number of H-pyrrole nitrogens is 1. The molecule has 1 rings (SSSR count). The Hall–Kier alpha value is -1.28. The van der Waals surface area contributed by atoms with Gasteiger partial charge in [-0.15, -0.1) is 0 Å². The van der Waals surface area contributed by atoms with E-state index in [9.17, 15) is 4.79 Å². The number of thioether (sulfide) groups is 1. The van der Waals surface area contributed by atoms with Crippen molar-refractivity contribution in [1.29, 1.82) is 5.26 Å². The third-order valence-electron chi connectivity index (χ3n) is 0.990. The molecule has 1 N–H and O–H groups in total. The van der Waals surface area contributed by atoms with Crippen molar-refractivity contribution in [3.8, 4) is 5.40 Å². The molecular weight excluding hydrogens is 162 g/mol. The van der Waals surface area contributed by atoms with Crippen molar-refractivity contribution >= 4 is 11.8 Å². The number of hydrogen-bond donors (Lipinski definition) is 1. The van der Waals surface area contributed by atoms with Crippen molar-refractivity contribution in [2.24, 2.45) is 0 Å². The highest BCUT2D eigenvalue weighted by Gasteiger charge is 1.96. The average molecular weight is 167 g/mol. The van der Waals surface area contributed by atoms with Gasteiger partial charge in [-0.1, -0.05) is 0 Å². The summed E-state index contributed by atoms with van der Waals surface area (Å²) in [5.74, 6) is 0. The van der Waals surface area contributed by atoms with Crippen LogP contribution in [0, 0.1) is 17.6 Å². The molecule has 1 heterocycles. The number of aryl methyl sites for hydroxylation is 1. The van der Waals surface area contributed by atoms with Gasteiger partial charge in [0.15, 0.2) is 5.16 Å². The first-order valence-electron chi connectivity index (χ1n) is 2.86. The van der Waals surface area contributed by atoms with Crippen LogP contribution in [-0.2, 0) is 0 Å². The van der Waals surface area contributed by atoms with Gasteiger partial charge in [-0.05, 0) is 6.92 Å². The lowest BCUT2D eigenvalue weighted by Crippen LogP contribution is -2.07. The van der Waals surface area contributed by atoms with Crippen molar-refractivity contribution in [3.63, 3.8) is 0 Å². The summed E-state index contributed by atoms with van der Waals surface area (Å²) >= 11 is 0.842. The summed E-state index contributed by atoms with van der Waals surface area (Å²) in [5, 5.41) is 10.4. The maximum Gasteiger partial charge on any atom is 0.251 e. The van der Waals surface area contributed by atoms with Crippen LogP contribution in [0.15, 0.2) is 16.0 Å². The van der Waals surface area contributed by atoms with E-state index in [4.69, 9.17) is 5.26 Å². The summed E-state index contributed by atoms with van der Waals surface area (Å²) in [4.78, 5) is 17.1. The Morgan fingerprint density at radius 3 is 3.09 bits per heavy atom. The predicted octanol–water partition coefficient (Wildman–Crippen LogP) is 0.651. The van der Waals surface area contributed by atoms with E-state index in [0.29, 0.717) is 10.9 Å². The van der Waals surface area contributed by atoms with Gasteiger partial charge < -0.3 is 4.98 Å². The van der Waals surface area contributed by atoms with E-state index in [0.717, 1.165) is 11.8 Å². The van der Waals surface area contributed by atoms with Gasteiger partial charge in [0.2, 0.25) is 0 Å². The summed E-state index contributed by atoms with van der Waals surface area (Å²) in [5.41, 5.74) is 0.391. The van der Waals surface area contributed by atoms with Gasteiger partial charge in [-0.3, -0.25) is 4.79 Å². The van der Waals surface area contributed by atoms with Gasteiger partial charge in [0, 0.05) is 23.5 Å². The largest absolute Gasteiger partial charge is 0.301 e. The Morgan fingerprint density at radius 2 is 2.55 bits per heavy atom. The molecule has 0 aromatic carbocycles. The van der Waals surface area contributed by atoms with Crippen molar-refractivity contribution in [2.75, 3.05) is 0 Å². The van der Waals surface area contributed by atoms with Crippen LogP contribution in [0.25, 0.3) is 0 Å². The fraction of sp³-hybridized carbons (Fsp3) is 0.167. The second kappa shape index (κ2) is 3.21. The van der Waals surface area contributed by atoms with Crippen molar-refractivity contribution in [2.45, 2.75) is 12.1 Å². The standard InChI is InChI=1S/C6H5N3OS/c1-4-2-5(10)9-6(8-4)11-3-7/h2H,1H3,(H,8,9,10). The van der Waals surface area contributed by atoms with Crippen LogP contribution in [-0.4, -0.2) is 9.97 Å². The number of nitriles is 1. The zero-order valence-electron chi connectivity index (χ0n) is 5.79. The maximum atomic E-state index is 10.8. The molecular formula is C6H5N3OS. The second-order valence-corrected chi connectivity index (χ2v) is 2.66. The Labute approximate surface area is 67.3 Å². The molecule has 4 nitrogen and oxygen atoms in total. The van der Waals surface area contributed by atoms with E-state index in [-0.39, 0.29) is 5.56 Å². The molecule has 0 saturated heterocycles. The number of nitrogens with one attached hydrogen (secondary N) is 1. The number of aromatic nitrogens is 2. The van der Waals surface area contributed by atoms with Crippen molar-refractivity contribution in [3.05, 3.63) is 22.1 Å². The molecule has 0 radical (unpaired) electrons. The van der Waals surface area contributed by atoms with Crippen LogP contribution >= 0.6 is 11.8 Å². The van der Waals surface area contributed by atoms with E-state index in [1.165, 1.54) is 6.07 Å². The van der Waals surface area contributed by atoms with Gasteiger partial charge in [0.05, 0.1) is 0 Å². The summed E-state index contributed by atoms with van der Waals surface area (Å²) in [6, 6.07) is 1.38. The van der Waals surface area contributed by atoms with E-state index in [2.05, 4.69) is 9.97 Å². The lowest BCUT2D eigenvalue weighted by atomic mass is 10.5. The third kappa shape index (κ3) is 2.09. The molecule has 56 valence electrons. The minimum absolute atomic E-state index is 0.227. The number of aromatic amines is 1. The van der Waals surface area contributed by atoms with Crippen LogP contribution in [0.2, 0.25) is 0 Å². The zero-order chi connectivity index (χ0) is 8.27. The van der Waals surface area contributed by atoms with Crippen LogP contribution in [0.5, 0.6) is 0 Å². The van der Waals surface area contributed by atoms with E-state index < -0.39 is 0 Å². The van der Waals surface area contributed by atoms with Gasteiger partial charge in [0.25, 0.3) is 5.56 Å². The third-order valence-corrected chi connectivity index (χ3v) is 1.47. The predicted molar refractivity (Wildman–Crippen MR) is 41.1 cm³/mol. The molecule has 11 heavy (non-hydrogen) atoms. The molecule has 0 saturated carbocycles. The smallest absolute Gasteiger partial charge is 0.251 e. The van der Waals surface area contributed by atoms with E-state index in [1.807, 2.05) is 5.40 Å². The minimum atomic E-state index is -0.227. The SMILES string of the molecule is Cc1cc(=O)[nH]c(SC#N)n1. The minimum Gasteiger partial charge on any atom is -0.301 e. The van der Waals surface area contributed by atoms with Gasteiger partial charge >= 0.3 is 0 Å². The zero-order valence-corrected chi connectivity index (χ0v) is 6.60. The molecule has 0 fully saturated rings. The molecule has 1 aromatic rings. The summed E-state index contributed by atoms with van der Waals surface area (Å²) in [7, 11) is 0.